The summed E-state index contributed by atoms with van der Waals surface area (Å²) in [4.78, 5) is 39.4. The molecular weight excluding hydrogens is 394 g/mol. The lowest BCUT2D eigenvalue weighted by Crippen LogP contribution is -2.49. The number of amides is 1. The van der Waals surface area contributed by atoms with E-state index in [0.717, 1.165) is 0 Å². The van der Waals surface area contributed by atoms with E-state index in [9.17, 15) is 14.4 Å². The molecule has 1 aliphatic heterocycles. The van der Waals surface area contributed by atoms with Gasteiger partial charge in [0, 0.05) is 29.2 Å². The lowest BCUT2D eigenvalue weighted by atomic mass is 9.98. The van der Waals surface area contributed by atoms with Crippen LogP contribution in [0.4, 0.5) is 0 Å². The number of benzene rings is 2. The normalized spacial score (nSPS) is 18.9. The zero-order valence-electron chi connectivity index (χ0n) is 16.3. The summed E-state index contributed by atoms with van der Waals surface area (Å²) in [7, 11) is 0. The van der Waals surface area contributed by atoms with Gasteiger partial charge in [0.25, 0.3) is 5.91 Å². The fourth-order valence-electron chi connectivity index (χ4n) is 3.29. The van der Waals surface area contributed by atoms with Crippen molar-refractivity contribution in [2.24, 2.45) is 0 Å². The third kappa shape index (κ3) is 5.22. The molecule has 2 atom stereocenters. The molecule has 1 saturated heterocycles. The van der Waals surface area contributed by atoms with E-state index >= 15 is 0 Å². The molecule has 1 aliphatic rings. The van der Waals surface area contributed by atoms with Crippen LogP contribution in [-0.2, 0) is 14.3 Å². The van der Waals surface area contributed by atoms with Gasteiger partial charge in [0.05, 0.1) is 17.8 Å². The number of halogens is 1. The van der Waals surface area contributed by atoms with E-state index in [2.05, 4.69) is 0 Å². The smallest absolute Gasteiger partial charge is 0.339 e. The summed E-state index contributed by atoms with van der Waals surface area (Å²) < 4.78 is 10.8. The monoisotopic (exact) mass is 415 g/mol. The molecule has 29 heavy (non-hydrogen) atoms. The molecule has 0 spiro atoms. The van der Waals surface area contributed by atoms with E-state index in [1.54, 1.807) is 47.4 Å². The molecule has 2 aromatic carbocycles. The summed E-state index contributed by atoms with van der Waals surface area (Å²) in [6, 6.07) is 12.8. The maximum atomic E-state index is 12.8. The van der Waals surface area contributed by atoms with E-state index in [1.807, 2.05) is 13.8 Å². The van der Waals surface area contributed by atoms with E-state index in [1.165, 1.54) is 6.07 Å². The number of hydrogen-bond donors (Lipinski definition) is 0. The summed E-state index contributed by atoms with van der Waals surface area (Å²) >= 11 is 5.87. The number of nitrogens with zero attached hydrogens (tertiary/aromatic N) is 1. The largest absolute Gasteiger partial charge is 0.452 e. The van der Waals surface area contributed by atoms with Gasteiger partial charge in [-0.25, -0.2) is 4.79 Å². The minimum atomic E-state index is -0.717. The van der Waals surface area contributed by atoms with Crippen LogP contribution in [0.5, 0.6) is 0 Å². The van der Waals surface area contributed by atoms with E-state index in [-0.39, 0.29) is 41.6 Å². The fraction of sp³-hybridized carbons (Fsp3) is 0.318. The molecule has 6 nitrogen and oxygen atoms in total. The van der Waals surface area contributed by atoms with Crippen LogP contribution in [-0.4, -0.2) is 54.5 Å². The number of hydrogen-bond acceptors (Lipinski definition) is 5. The van der Waals surface area contributed by atoms with Gasteiger partial charge in [-0.1, -0.05) is 29.8 Å². The van der Waals surface area contributed by atoms with Crippen molar-refractivity contribution < 1.29 is 23.9 Å². The Morgan fingerprint density at radius 1 is 1.00 bits per heavy atom. The van der Waals surface area contributed by atoms with E-state index in [4.69, 9.17) is 21.1 Å². The van der Waals surface area contributed by atoms with Crippen molar-refractivity contribution in [2.45, 2.75) is 26.1 Å². The number of ether oxygens (including phenoxy) is 2. The van der Waals surface area contributed by atoms with Crippen LogP contribution < -0.4 is 0 Å². The first kappa shape index (κ1) is 21.0. The van der Waals surface area contributed by atoms with Gasteiger partial charge in [-0.15, -0.1) is 0 Å². The number of esters is 1. The van der Waals surface area contributed by atoms with Crippen LogP contribution in [0.25, 0.3) is 0 Å². The van der Waals surface area contributed by atoms with Crippen molar-refractivity contribution in [3.63, 3.8) is 0 Å². The Morgan fingerprint density at radius 3 is 2.21 bits per heavy atom. The predicted molar refractivity (Wildman–Crippen MR) is 108 cm³/mol. The summed E-state index contributed by atoms with van der Waals surface area (Å²) in [5.74, 6) is -1.33. The fourth-order valence-corrected chi connectivity index (χ4v) is 3.42. The van der Waals surface area contributed by atoms with Gasteiger partial charge in [0.1, 0.15) is 0 Å². The first-order valence-corrected chi connectivity index (χ1v) is 9.72. The highest BCUT2D eigenvalue weighted by atomic mass is 35.5. The highest BCUT2D eigenvalue weighted by Crippen LogP contribution is 2.18. The molecule has 7 heteroatoms. The van der Waals surface area contributed by atoms with Gasteiger partial charge < -0.3 is 14.4 Å². The molecule has 1 heterocycles. The minimum absolute atomic E-state index is 0.0730. The molecule has 0 bridgehead atoms. The zero-order valence-corrected chi connectivity index (χ0v) is 17.0. The quantitative estimate of drug-likeness (QED) is 0.553. The number of rotatable bonds is 5. The Hall–Kier alpha value is -2.70. The molecule has 0 N–H and O–H groups in total. The average molecular weight is 416 g/mol. The number of carbonyl (C=O) groups is 3. The third-order valence-electron chi connectivity index (χ3n) is 4.60. The molecule has 2 aromatic rings. The van der Waals surface area contributed by atoms with E-state index < -0.39 is 5.97 Å². The molecular formula is C22H22ClNO5. The summed E-state index contributed by atoms with van der Waals surface area (Å²) in [5, 5.41) is 0.513. The molecule has 0 radical (unpaired) electrons. The van der Waals surface area contributed by atoms with Gasteiger partial charge in [0.15, 0.2) is 12.4 Å². The first-order valence-electron chi connectivity index (χ1n) is 9.35. The van der Waals surface area contributed by atoms with E-state index in [0.29, 0.717) is 23.7 Å². The molecule has 0 saturated carbocycles. The molecule has 0 aliphatic carbocycles. The van der Waals surface area contributed by atoms with Crippen molar-refractivity contribution in [1.82, 2.24) is 4.90 Å². The highest BCUT2D eigenvalue weighted by Gasteiger charge is 2.27. The van der Waals surface area contributed by atoms with Crippen molar-refractivity contribution in [1.29, 1.82) is 0 Å². The van der Waals surface area contributed by atoms with Crippen LogP contribution in [0.15, 0.2) is 48.5 Å². The van der Waals surface area contributed by atoms with Crippen molar-refractivity contribution >= 4 is 29.3 Å². The van der Waals surface area contributed by atoms with Crippen LogP contribution >= 0.6 is 11.6 Å². The molecule has 152 valence electrons. The zero-order chi connectivity index (χ0) is 21.0. The number of morpholine rings is 1. The number of carbonyl (C=O) groups excluding carboxylic acids is 3. The van der Waals surface area contributed by atoms with Gasteiger partial charge in [-0.3, -0.25) is 9.59 Å². The predicted octanol–water partition coefficient (Wildman–Crippen LogP) is 3.36. The van der Waals surface area contributed by atoms with Crippen molar-refractivity contribution in [3.05, 3.63) is 70.2 Å². The number of ketones is 1. The van der Waals surface area contributed by atoms with Crippen LogP contribution in [0.3, 0.4) is 0 Å². The Kier molecular flexibility index (Phi) is 6.67. The lowest BCUT2D eigenvalue weighted by Gasteiger charge is -2.35. The third-order valence-corrected chi connectivity index (χ3v) is 4.85. The highest BCUT2D eigenvalue weighted by molar-refractivity contribution is 6.30. The average Bonchev–Trinajstić information content (AvgIpc) is 2.71. The van der Waals surface area contributed by atoms with Gasteiger partial charge in [-0.05, 0) is 44.2 Å². The molecule has 1 fully saturated rings. The Morgan fingerprint density at radius 2 is 1.59 bits per heavy atom. The van der Waals surface area contributed by atoms with Crippen LogP contribution in [0.1, 0.15) is 40.1 Å². The Labute approximate surface area is 174 Å². The van der Waals surface area contributed by atoms with Gasteiger partial charge in [-0.2, -0.15) is 0 Å². The van der Waals surface area contributed by atoms with Crippen molar-refractivity contribution in [3.8, 4) is 0 Å². The molecule has 0 unspecified atom stereocenters. The summed E-state index contributed by atoms with van der Waals surface area (Å²) in [6.45, 7) is 4.29. The molecule has 3 rings (SSSR count). The topological polar surface area (TPSA) is 72.9 Å². The van der Waals surface area contributed by atoms with Gasteiger partial charge in [0.2, 0.25) is 0 Å². The standard InChI is InChI=1S/C22H22ClNO5/c1-14-11-24(12-15(2)29-14)20(25)13-28-22(27)19-6-4-3-5-18(19)21(26)16-7-9-17(23)10-8-16/h3-10,14-15H,11-13H2,1-2H3/t14-,15-/m0/s1. The summed E-state index contributed by atoms with van der Waals surface area (Å²) in [5.41, 5.74) is 0.729. The second kappa shape index (κ2) is 9.20. The maximum Gasteiger partial charge on any atom is 0.339 e. The lowest BCUT2D eigenvalue weighted by molar-refractivity contribution is -0.146. The molecule has 0 aromatic heterocycles. The minimum Gasteiger partial charge on any atom is -0.452 e. The maximum absolute atomic E-state index is 12.8. The Bertz CT molecular complexity index is 902. The van der Waals surface area contributed by atoms with Crippen LogP contribution in [0.2, 0.25) is 5.02 Å². The second-order valence-corrected chi connectivity index (χ2v) is 7.45. The molecule has 1 amide bonds. The second-order valence-electron chi connectivity index (χ2n) is 7.01. The van der Waals surface area contributed by atoms with Crippen LogP contribution in [0, 0.1) is 0 Å². The summed E-state index contributed by atoms with van der Waals surface area (Å²) in [6.07, 6.45) is -0.146. The first-order chi connectivity index (χ1) is 13.8. The van der Waals surface area contributed by atoms with Crippen molar-refractivity contribution in [2.75, 3.05) is 19.7 Å². The Balaban J connectivity index is 1.69. The van der Waals surface area contributed by atoms with Gasteiger partial charge >= 0.3 is 5.97 Å². The SMILES string of the molecule is C[C@H]1CN(C(=O)COC(=O)c2ccccc2C(=O)c2ccc(Cl)cc2)C[C@H](C)O1.